The van der Waals surface area contributed by atoms with Crippen LogP contribution in [0.4, 0.5) is 11.4 Å². The van der Waals surface area contributed by atoms with Crippen LogP contribution in [0.2, 0.25) is 0 Å². The summed E-state index contributed by atoms with van der Waals surface area (Å²) in [4.78, 5) is 25.1. The van der Waals surface area contributed by atoms with Crippen molar-refractivity contribution in [3.8, 4) is 5.69 Å². The molecule has 4 rings (SSSR count). The number of anilines is 2. The van der Waals surface area contributed by atoms with Gasteiger partial charge in [-0.05, 0) is 62.4 Å². The summed E-state index contributed by atoms with van der Waals surface area (Å²) in [6, 6.07) is 20.0. The molecule has 4 aromatic rings. The Morgan fingerprint density at radius 3 is 2.53 bits per heavy atom. The number of furan rings is 1. The van der Waals surface area contributed by atoms with Crippen molar-refractivity contribution in [1.29, 1.82) is 0 Å². The molecule has 2 aromatic heterocycles. The van der Waals surface area contributed by atoms with Gasteiger partial charge in [-0.3, -0.25) is 9.59 Å². The molecule has 0 saturated heterocycles. The van der Waals surface area contributed by atoms with Gasteiger partial charge in [0.15, 0.2) is 0 Å². The fourth-order valence-corrected chi connectivity index (χ4v) is 3.30. The van der Waals surface area contributed by atoms with Gasteiger partial charge in [0.25, 0.3) is 5.91 Å². The smallest absolute Gasteiger partial charge is 0.255 e. The van der Waals surface area contributed by atoms with E-state index in [1.54, 1.807) is 47.2 Å². The Labute approximate surface area is 185 Å². The lowest BCUT2D eigenvalue weighted by atomic mass is 10.1. The minimum Gasteiger partial charge on any atom is -0.465 e. The fraction of sp³-hybridized carbons (Fsp3) is 0.0800. The fourth-order valence-electron chi connectivity index (χ4n) is 3.30. The number of aryl methyl sites for hydroxylation is 1. The molecule has 7 nitrogen and oxygen atoms in total. The zero-order valence-electron chi connectivity index (χ0n) is 17.7. The molecule has 0 spiro atoms. The molecule has 0 atom stereocenters. The highest BCUT2D eigenvalue weighted by atomic mass is 16.3. The average Bonchev–Trinajstić information content (AvgIpc) is 3.42. The van der Waals surface area contributed by atoms with Gasteiger partial charge >= 0.3 is 0 Å². The van der Waals surface area contributed by atoms with Gasteiger partial charge in [0.2, 0.25) is 5.91 Å². The number of aromatic nitrogens is 2. The van der Waals surface area contributed by atoms with E-state index in [0.717, 1.165) is 11.4 Å². The maximum atomic E-state index is 12.9. The van der Waals surface area contributed by atoms with Gasteiger partial charge < -0.3 is 15.1 Å². The van der Waals surface area contributed by atoms with E-state index in [0.29, 0.717) is 28.4 Å². The van der Waals surface area contributed by atoms with E-state index >= 15 is 0 Å². The molecule has 0 bridgehead atoms. The second kappa shape index (κ2) is 9.18. The second-order valence-electron chi connectivity index (χ2n) is 7.17. The Bertz CT molecular complexity index is 1270. The number of amides is 2. The van der Waals surface area contributed by atoms with E-state index in [-0.39, 0.29) is 11.8 Å². The second-order valence-corrected chi connectivity index (χ2v) is 7.17. The maximum Gasteiger partial charge on any atom is 0.255 e. The van der Waals surface area contributed by atoms with E-state index in [4.69, 9.17) is 4.42 Å². The molecule has 0 aliphatic carbocycles. The third-order valence-electron chi connectivity index (χ3n) is 4.87. The Morgan fingerprint density at radius 2 is 1.78 bits per heavy atom. The first kappa shape index (κ1) is 20.9. The highest BCUT2D eigenvalue weighted by molar-refractivity contribution is 6.07. The van der Waals surface area contributed by atoms with Gasteiger partial charge in [-0.2, -0.15) is 5.10 Å². The predicted molar refractivity (Wildman–Crippen MR) is 124 cm³/mol. The Kier molecular flexibility index (Phi) is 5.98. The lowest BCUT2D eigenvalue weighted by Gasteiger charge is -2.09. The van der Waals surface area contributed by atoms with Crippen molar-refractivity contribution in [1.82, 2.24) is 9.78 Å². The number of rotatable bonds is 6. The molecule has 7 heteroatoms. The number of para-hydroxylation sites is 1. The molecule has 0 radical (unpaired) electrons. The van der Waals surface area contributed by atoms with Crippen molar-refractivity contribution < 1.29 is 14.0 Å². The standard InChI is InChI=1S/C25H22N4O3/c1-17-24(18(2)29(28-17)21-10-4-3-5-11-21)27-25(31)19-8-6-9-20(16-19)26-23(30)14-13-22-12-7-15-32-22/h3-16H,1-2H3,(H,26,30)(H,27,31)/b14-13+. The third-order valence-corrected chi connectivity index (χ3v) is 4.87. The normalized spacial score (nSPS) is 10.9. The van der Waals surface area contributed by atoms with Crippen LogP contribution in [0.5, 0.6) is 0 Å². The summed E-state index contributed by atoms with van der Waals surface area (Å²) in [7, 11) is 0. The van der Waals surface area contributed by atoms with Crippen LogP contribution in [-0.2, 0) is 4.79 Å². The molecule has 2 amide bonds. The number of nitrogens with one attached hydrogen (secondary N) is 2. The zero-order valence-corrected chi connectivity index (χ0v) is 17.7. The van der Waals surface area contributed by atoms with Crippen molar-refractivity contribution >= 4 is 29.3 Å². The van der Waals surface area contributed by atoms with Crippen LogP contribution >= 0.6 is 0 Å². The number of carbonyl (C=O) groups is 2. The molecule has 0 aliphatic heterocycles. The van der Waals surface area contributed by atoms with E-state index in [1.165, 1.54) is 12.3 Å². The molecule has 0 unspecified atom stereocenters. The Hall–Kier alpha value is -4.39. The molecule has 0 saturated carbocycles. The van der Waals surface area contributed by atoms with Crippen LogP contribution in [-0.4, -0.2) is 21.6 Å². The van der Waals surface area contributed by atoms with E-state index < -0.39 is 0 Å². The summed E-state index contributed by atoms with van der Waals surface area (Å²) in [5.74, 6) is -0.0316. The lowest BCUT2D eigenvalue weighted by Crippen LogP contribution is -2.14. The minimum absolute atomic E-state index is 0.286. The van der Waals surface area contributed by atoms with Crippen LogP contribution < -0.4 is 10.6 Å². The highest BCUT2D eigenvalue weighted by Crippen LogP contribution is 2.24. The molecule has 2 aromatic carbocycles. The summed E-state index contributed by atoms with van der Waals surface area (Å²) in [6.07, 6.45) is 4.48. The van der Waals surface area contributed by atoms with Crippen molar-refractivity contribution in [2.75, 3.05) is 10.6 Å². The zero-order chi connectivity index (χ0) is 22.5. The minimum atomic E-state index is -0.324. The lowest BCUT2D eigenvalue weighted by molar-refractivity contribution is -0.111. The molecule has 2 N–H and O–H groups in total. The van der Waals surface area contributed by atoms with Crippen LogP contribution in [0.1, 0.15) is 27.5 Å². The van der Waals surface area contributed by atoms with Crippen LogP contribution in [0, 0.1) is 13.8 Å². The number of hydrogen-bond donors (Lipinski definition) is 2. The number of benzene rings is 2. The molecular weight excluding hydrogens is 404 g/mol. The average molecular weight is 426 g/mol. The first-order valence-electron chi connectivity index (χ1n) is 10.1. The van der Waals surface area contributed by atoms with E-state index in [9.17, 15) is 9.59 Å². The summed E-state index contributed by atoms with van der Waals surface area (Å²) in [5.41, 5.74) is 4.06. The molecular formula is C25H22N4O3. The molecule has 32 heavy (non-hydrogen) atoms. The highest BCUT2D eigenvalue weighted by Gasteiger charge is 2.16. The number of hydrogen-bond acceptors (Lipinski definition) is 4. The van der Waals surface area contributed by atoms with Gasteiger partial charge in [0, 0.05) is 17.3 Å². The van der Waals surface area contributed by atoms with Crippen LogP contribution in [0.25, 0.3) is 11.8 Å². The summed E-state index contributed by atoms with van der Waals surface area (Å²) in [6.45, 7) is 3.76. The van der Waals surface area contributed by atoms with Gasteiger partial charge in [-0.25, -0.2) is 4.68 Å². The quantitative estimate of drug-likeness (QED) is 0.425. The van der Waals surface area contributed by atoms with Crippen molar-refractivity contribution in [3.05, 3.63) is 102 Å². The maximum absolute atomic E-state index is 12.9. The molecule has 160 valence electrons. The van der Waals surface area contributed by atoms with Crippen molar-refractivity contribution in [2.45, 2.75) is 13.8 Å². The molecule has 0 fully saturated rings. The predicted octanol–water partition coefficient (Wildman–Crippen LogP) is 4.99. The Balaban J connectivity index is 1.48. The van der Waals surface area contributed by atoms with Crippen molar-refractivity contribution in [2.24, 2.45) is 0 Å². The number of carbonyl (C=O) groups excluding carboxylic acids is 2. The molecule has 0 aliphatic rings. The first-order valence-corrected chi connectivity index (χ1v) is 10.1. The van der Waals surface area contributed by atoms with Gasteiger partial charge in [0.1, 0.15) is 5.76 Å². The van der Waals surface area contributed by atoms with E-state index in [2.05, 4.69) is 15.7 Å². The summed E-state index contributed by atoms with van der Waals surface area (Å²) < 4.78 is 6.96. The SMILES string of the molecule is Cc1nn(-c2ccccc2)c(C)c1NC(=O)c1cccc(NC(=O)/C=C/c2ccco2)c1. The van der Waals surface area contributed by atoms with E-state index in [1.807, 2.05) is 44.2 Å². The van der Waals surface area contributed by atoms with Gasteiger partial charge in [-0.15, -0.1) is 0 Å². The first-order chi connectivity index (χ1) is 15.5. The summed E-state index contributed by atoms with van der Waals surface area (Å²) >= 11 is 0. The Morgan fingerprint density at radius 1 is 0.969 bits per heavy atom. The topological polar surface area (TPSA) is 89.2 Å². The molecule has 2 heterocycles. The van der Waals surface area contributed by atoms with Gasteiger partial charge in [0.05, 0.1) is 29.0 Å². The number of nitrogens with zero attached hydrogens (tertiary/aromatic N) is 2. The van der Waals surface area contributed by atoms with Crippen molar-refractivity contribution in [3.63, 3.8) is 0 Å². The van der Waals surface area contributed by atoms with Crippen LogP contribution in [0.3, 0.4) is 0 Å². The monoisotopic (exact) mass is 426 g/mol. The summed E-state index contributed by atoms with van der Waals surface area (Å²) in [5, 5.41) is 10.3. The van der Waals surface area contributed by atoms with Crippen LogP contribution in [0.15, 0.2) is 83.5 Å². The third kappa shape index (κ3) is 4.67. The largest absolute Gasteiger partial charge is 0.465 e. The van der Waals surface area contributed by atoms with Gasteiger partial charge in [-0.1, -0.05) is 24.3 Å².